The van der Waals surface area contributed by atoms with Crippen molar-refractivity contribution in [1.29, 1.82) is 0 Å². The quantitative estimate of drug-likeness (QED) is 0.826. The van der Waals surface area contributed by atoms with Crippen LogP contribution in [0.5, 0.6) is 0 Å². The molecule has 0 radical (unpaired) electrons. The SMILES string of the molecule is C#Cc1cn2cc(C(=O)NC3CN4CCC3C4)ccc2n1. The Morgan fingerprint density at radius 1 is 1.38 bits per heavy atom. The molecule has 0 aromatic carbocycles. The van der Waals surface area contributed by atoms with Gasteiger partial charge in [-0.15, -0.1) is 6.42 Å². The number of fused-ring (bicyclic) bond motifs is 3. The van der Waals surface area contributed by atoms with Gasteiger partial charge in [0.1, 0.15) is 11.3 Å². The van der Waals surface area contributed by atoms with Crippen LogP contribution in [0.1, 0.15) is 22.5 Å². The number of hydrogen-bond acceptors (Lipinski definition) is 3. The van der Waals surface area contributed by atoms with E-state index in [4.69, 9.17) is 6.42 Å². The van der Waals surface area contributed by atoms with Crippen LogP contribution in [-0.4, -0.2) is 45.9 Å². The number of amides is 1. The lowest BCUT2D eigenvalue weighted by Gasteiger charge is -2.23. The first kappa shape index (κ1) is 12.4. The molecule has 2 fully saturated rings. The molecule has 0 aliphatic carbocycles. The van der Waals surface area contributed by atoms with Crippen LogP contribution in [0, 0.1) is 18.3 Å². The zero-order valence-corrected chi connectivity index (χ0v) is 11.6. The van der Waals surface area contributed by atoms with Crippen LogP contribution in [-0.2, 0) is 0 Å². The van der Waals surface area contributed by atoms with Crippen LogP contribution >= 0.6 is 0 Å². The summed E-state index contributed by atoms with van der Waals surface area (Å²) in [6.45, 7) is 3.27. The molecular weight excluding hydrogens is 264 g/mol. The zero-order chi connectivity index (χ0) is 14.4. The molecule has 5 nitrogen and oxygen atoms in total. The number of terminal acetylenes is 1. The highest BCUT2D eigenvalue weighted by Gasteiger charge is 2.38. The van der Waals surface area contributed by atoms with Crippen molar-refractivity contribution in [2.24, 2.45) is 5.92 Å². The summed E-state index contributed by atoms with van der Waals surface area (Å²) in [5, 5.41) is 3.16. The summed E-state index contributed by atoms with van der Waals surface area (Å²) in [7, 11) is 0. The molecule has 1 N–H and O–H groups in total. The molecule has 0 spiro atoms. The molecule has 106 valence electrons. The van der Waals surface area contributed by atoms with E-state index in [0.29, 0.717) is 17.2 Å². The molecule has 3 unspecified atom stereocenters. The predicted molar refractivity (Wildman–Crippen MR) is 78.9 cm³/mol. The highest BCUT2D eigenvalue weighted by Crippen LogP contribution is 2.27. The topological polar surface area (TPSA) is 49.6 Å². The Morgan fingerprint density at radius 3 is 3.00 bits per heavy atom. The molecule has 2 bridgehead atoms. The normalized spacial score (nSPS) is 26.9. The fraction of sp³-hybridized carbons (Fsp3) is 0.375. The van der Waals surface area contributed by atoms with E-state index in [9.17, 15) is 4.79 Å². The molecule has 2 aliphatic heterocycles. The summed E-state index contributed by atoms with van der Waals surface area (Å²) in [5.41, 5.74) is 1.97. The van der Waals surface area contributed by atoms with Crippen LogP contribution in [0.2, 0.25) is 0 Å². The van der Waals surface area contributed by atoms with Crippen molar-refractivity contribution in [2.75, 3.05) is 19.6 Å². The van der Waals surface area contributed by atoms with E-state index in [1.807, 2.05) is 6.07 Å². The van der Waals surface area contributed by atoms with Crippen LogP contribution in [0.4, 0.5) is 0 Å². The number of carbonyl (C=O) groups excluding carboxylic acids is 1. The second kappa shape index (κ2) is 4.61. The van der Waals surface area contributed by atoms with E-state index in [1.165, 1.54) is 13.0 Å². The van der Waals surface area contributed by atoms with Crippen LogP contribution in [0.15, 0.2) is 24.5 Å². The molecule has 2 saturated heterocycles. The number of nitrogens with one attached hydrogen (secondary N) is 1. The number of carbonyl (C=O) groups is 1. The van der Waals surface area contributed by atoms with Crippen LogP contribution in [0.3, 0.4) is 0 Å². The number of aromatic nitrogens is 2. The summed E-state index contributed by atoms with van der Waals surface area (Å²) in [6.07, 6.45) is 10.1. The molecule has 0 saturated carbocycles. The monoisotopic (exact) mass is 280 g/mol. The van der Waals surface area contributed by atoms with Gasteiger partial charge in [-0.25, -0.2) is 4.98 Å². The molecule has 3 atom stereocenters. The number of rotatable bonds is 2. The third kappa shape index (κ3) is 2.08. The molecule has 1 amide bonds. The van der Waals surface area contributed by atoms with Gasteiger partial charge >= 0.3 is 0 Å². The molecule has 2 aliphatic rings. The maximum atomic E-state index is 12.4. The van der Waals surface area contributed by atoms with Gasteiger partial charge in [-0.05, 0) is 36.9 Å². The summed E-state index contributed by atoms with van der Waals surface area (Å²) in [5.74, 6) is 3.09. The smallest absolute Gasteiger partial charge is 0.253 e. The van der Waals surface area contributed by atoms with Crippen molar-refractivity contribution in [1.82, 2.24) is 19.6 Å². The number of imidazole rings is 1. The Morgan fingerprint density at radius 2 is 2.29 bits per heavy atom. The van der Waals surface area contributed by atoms with Crippen molar-refractivity contribution >= 4 is 11.6 Å². The molecule has 2 aromatic rings. The van der Waals surface area contributed by atoms with Gasteiger partial charge in [0.25, 0.3) is 5.91 Å². The first-order valence-corrected chi connectivity index (χ1v) is 7.21. The van der Waals surface area contributed by atoms with Gasteiger partial charge < -0.3 is 14.6 Å². The molecule has 2 aromatic heterocycles. The standard InChI is InChI=1S/C16H16N4O/c1-2-13-9-20-8-12(3-4-15(20)17-13)16(21)18-14-10-19-6-5-11(14)7-19/h1,3-4,8-9,11,14H,5-7,10H2,(H,18,21). The van der Waals surface area contributed by atoms with Gasteiger partial charge in [0.05, 0.1) is 5.56 Å². The lowest BCUT2D eigenvalue weighted by molar-refractivity contribution is 0.0924. The molecule has 5 heteroatoms. The fourth-order valence-corrected chi connectivity index (χ4v) is 3.39. The Bertz CT molecular complexity index is 757. The summed E-state index contributed by atoms with van der Waals surface area (Å²) >= 11 is 0. The lowest BCUT2D eigenvalue weighted by atomic mass is 10.00. The summed E-state index contributed by atoms with van der Waals surface area (Å²) < 4.78 is 1.80. The Hall–Kier alpha value is -2.32. The fourth-order valence-electron chi connectivity index (χ4n) is 3.39. The molecule has 21 heavy (non-hydrogen) atoms. The third-order valence-electron chi connectivity index (χ3n) is 4.51. The molecule has 4 rings (SSSR count). The first-order valence-electron chi connectivity index (χ1n) is 7.21. The minimum Gasteiger partial charge on any atom is -0.348 e. The summed E-state index contributed by atoms with van der Waals surface area (Å²) in [6, 6.07) is 3.90. The van der Waals surface area contributed by atoms with Crippen molar-refractivity contribution in [3.05, 3.63) is 35.8 Å². The van der Waals surface area contributed by atoms with Gasteiger partial charge in [0.15, 0.2) is 0 Å². The van der Waals surface area contributed by atoms with Gasteiger partial charge in [0.2, 0.25) is 0 Å². The van der Waals surface area contributed by atoms with E-state index in [2.05, 4.69) is 21.1 Å². The van der Waals surface area contributed by atoms with E-state index >= 15 is 0 Å². The molecular formula is C16H16N4O. The van der Waals surface area contributed by atoms with Crippen LogP contribution < -0.4 is 5.32 Å². The average molecular weight is 280 g/mol. The largest absolute Gasteiger partial charge is 0.348 e. The van der Waals surface area contributed by atoms with Gasteiger partial charge in [-0.2, -0.15) is 0 Å². The number of hydrogen-bond donors (Lipinski definition) is 1. The van der Waals surface area contributed by atoms with Crippen LogP contribution in [0.25, 0.3) is 5.65 Å². The second-order valence-corrected chi connectivity index (χ2v) is 5.84. The first-order chi connectivity index (χ1) is 10.2. The zero-order valence-electron chi connectivity index (χ0n) is 11.6. The second-order valence-electron chi connectivity index (χ2n) is 5.84. The molecule has 4 heterocycles. The predicted octanol–water partition coefficient (Wildman–Crippen LogP) is 0.749. The minimum absolute atomic E-state index is 0.0217. The number of nitrogens with zero attached hydrogens (tertiary/aromatic N) is 3. The summed E-state index contributed by atoms with van der Waals surface area (Å²) in [4.78, 5) is 19.1. The van der Waals surface area contributed by atoms with Gasteiger partial charge in [0, 0.05) is 31.5 Å². The van der Waals surface area contributed by atoms with Crippen molar-refractivity contribution in [2.45, 2.75) is 12.5 Å². The van der Waals surface area contributed by atoms with Crippen molar-refractivity contribution < 1.29 is 4.79 Å². The van der Waals surface area contributed by atoms with Gasteiger partial charge in [-0.1, -0.05) is 0 Å². The number of piperidine rings is 1. The maximum absolute atomic E-state index is 12.4. The van der Waals surface area contributed by atoms with E-state index < -0.39 is 0 Å². The minimum atomic E-state index is -0.0217. The van der Waals surface area contributed by atoms with Gasteiger partial charge in [-0.3, -0.25) is 4.79 Å². The van der Waals surface area contributed by atoms with Crippen molar-refractivity contribution in [3.8, 4) is 12.3 Å². The highest BCUT2D eigenvalue weighted by atomic mass is 16.1. The third-order valence-corrected chi connectivity index (χ3v) is 4.51. The van der Waals surface area contributed by atoms with E-state index in [0.717, 1.165) is 18.7 Å². The highest BCUT2D eigenvalue weighted by molar-refractivity contribution is 5.94. The Labute approximate surface area is 123 Å². The van der Waals surface area contributed by atoms with E-state index in [1.54, 1.807) is 22.9 Å². The van der Waals surface area contributed by atoms with Crippen molar-refractivity contribution in [3.63, 3.8) is 0 Å². The Kier molecular flexibility index (Phi) is 2.72. The maximum Gasteiger partial charge on any atom is 0.253 e. The Balaban J connectivity index is 1.55. The number of pyridine rings is 1. The lowest BCUT2D eigenvalue weighted by Crippen LogP contribution is -2.43. The van der Waals surface area contributed by atoms with E-state index in [-0.39, 0.29) is 11.9 Å². The average Bonchev–Trinajstić information content (AvgIpc) is 3.20.